The van der Waals surface area contributed by atoms with E-state index in [9.17, 15) is 9.65 Å². The largest absolute Gasteiger partial charge is 0.354 e. The topological polar surface area (TPSA) is 99.3 Å². The fraction of sp³-hybridized carbons (Fsp3) is 0.286. The Labute approximate surface area is 185 Å². The van der Waals surface area contributed by atoms with Gasteiger partial charge in [0, 0.05) is 42.4 Å². The van der Waals surface area contributed by atoms with Gasteiger partial charge in [0.1, 0.15) is 16.6 Å². The molecule has 0 aromatic carbocycles. The number of H-pyrrole nitrogens is 1. The number of pyridine rings is 1. The second-order valence-corrected chi connectivity index (χ2v) is 8.35. The molecule has 5 rings (SSSR count). The molecule has 0 saturated carbocycles. The first kappa shape index (κ1) is 19.6. The number of nitrogens with one attached hydrogen (secondary N) is 1. The molecule has 156 valence electrons. The van der Waals surface area contributed by atoms with Crippen molar-refractivity contribution in [3.05, 3.63) is 53.5 Å². The van der Waals surface area contributed by atoms with E-state index in [1.807, 2.05) is 28.0 Å². The van der Waals surface area contributed by atoms with Crippen LogP contribution in [0.5, 0.6) is 0 Å². The van der Waals surface area contributed by atoms with Crippen molar-refractivity contribution in [2.75, 3.05) is 18.0 Å². The van der Waals surface area contributed by atoms with Crippen molar-refractivity contribution in [3.8, 4) is 17.3 Å². The lowest BCUT2D eigenvalue weighted by atomic mass is 9.96. The van der Waals surface area contributed by atoms with Crippen molar-refractivity contribution in [2.24, 2.45) is 5.92 Å². The zero-order valence-electron chi connectivity index (χ0n) is 16.4. The third kappa shape index (κ3) is 3.65. The highest BCUT2D eigenvalue weighted by atomic mass is 79.9. The van der Waals surface area contributed by atoms with Gasteiger partial charge in [0.2, 0.25) is 0 Å². The Hall–Kier alpha value is -3.32. The average molecular weight is 481 g/mol. The van der Waals surface area contributed by atoms with E-state index in [0.717, 1.165) is 28.7 Å². The normalized spacial score (nSPS) is 17.2. The van der Waals surface area contributed by atoms with Crippen LogP contribution in [-0.2, 0) is 0 Å². The molecule has 0 radical (unpaired) electrons. The molecule has 0 bridgehead atoms. The number of rotatable bonds is 5. The van der Waals surface area contributed by atoms with Gasteiger partial charge in [-0.05, 0) is 40.5 Å². The fourth-order valence-electron chi connectivity index (χ4n) is 4.24. The summed E-state index contributed by atoms with van der Waals surface area (Å²) in [6, 6.07) is 7.10. The number of halogens is 2. The maximum Gasteiger partial charge on any atom is 0.166 e. The van der Waals surface area contributed by atoms with Crippen molar-refractivity contribution < 1.29 is 4.39 Å². The van der Waals surface area contributed by atoms with Gasteiger partial charge in [-0.25, -0.2) is 19.3 Å². The van der Waals surface area contributed by atoms with Crippen molar-refractivity contribution in [1.82, 2.24) is 29.7 Å². The van der Waals surface area contributed by atoms with Crippen LogP contribution in [0.25, 0.3) is 22.3 Å². The van der Waals surface area contributed by atoms with Crippen LogP contribution >= 0.6 is 15.9 Å². The molecular formula is C21H18BrFN8. The summed E-state index contributed by atoms with van der Waals surface area (Å²) in [6.07, 6.45) is 8.18. The molecule has 1 N–H and O–H groups in total. The van der Waals surface area contributed by atoms with Gasteiger partial charge in [0.15, 0.2) is 11.6 Å². The van der Waals surface area contributed by atoms with Crippen LogP contribution in [-0.4, -0.2) is 42.8 Å². The number of fused-ring (bicyclic) bond motifs is 1. The van der Waals surface area contributed by atoms with Crippen LogP contribution < -0.4 is 4.90 Å². The highest BCUT2D eigenvalue weighted by Crippen LogP contribution is 2.34. The van der Waals surface area contributed by atoms with Crippen LogP contribution in [0.4, 0.5) is 10.2 Å². The summed E-state index contributed by atoms with van der Waals surface area (Å²) in [4.78, 5) is 18.0. The minimum absolute atomic E-state index is 0.123. The second-order valence-electron chi connectivity index (χ2n) is 7.54. The Morgan fingerprint density at radius 1 is 1.32 bits per heavy atom. The standard InChI is InChI=1S/C21H18BrFN8/c22-18-2-1-16(23)21(29-18)30-8-5-13(10-30)17(3-6-24)31-11-14(9-28-31)19-15-4-7-25-20(15)27-12-26-19/h1-2,4,7,9,11-13,17H,3,5,8,10H2,(H,25,26,27)/t13-,17-/m0/s1. The first-order valence-electron chi connectivity index (χ1n) is 9.90. The van der Waals surface area contributed by atoms with E-state index in [1.54, 1.807) is 12.3 Å². The van der Waals surface area contributed by atoms with E-state index < -0.39 is 0 Å². The van der Waals surface area contributed by atoms with E-state index in [0.29, 0.717) is 29.9 Å². The van der Waals surface area contributed by atoms with E-state index in [2.05, 4.69) is 47.0 Å². The SMILES string of the molecule is N#CC[C@@H]([C@H]1CCN(c2nc(Br)ccc2F)C1)n1cc(-c2ncnc3[nH]ccc23)cn1. The quantitative estimate of drug-likeness (QED) is 0.431. The molecule has 1 fully saturated rings. The van der Waals surface area contributed by atoms with E-state index >= 15 is 0 Å². The lowest BCUT2D eigenvalue weighted by molar-refractivity contribution is 0.331. The molecule has 0 spiro atoms. The summed E-state index contributed by atoms with van der Waals surface area (Å²) < 4.78 is 16.7. The fourth-order valence-corrected chi connectivity index (χ4v) is 4.54. The van der Waals surface area contributed by atoms with Crippen molar-refractivity contribution in [1.29, 1.82) is 5.26 Å². The summed E-state index contributed by atoms with van der Waals surface area (Å²) in [5.74, 6) is 0.135. The van der Waals surface area contributed by atoms with Crippen LogP contribution in [0.1, 0.15) is 18.9 Å². The van der Waals surface area contributed by atoms with Gasteiger partial charge in [-0.15, -0.1) is 0 Å². The molecule has 8 nitrogen and oxygen atoms in total. The number of aromatic nitrogens is 6. The Morgan fingerprint density at radius 3 is 3.10 bits per heavy atom. The molecular weight excluding hydrogens is 463 g/mol. The zero-order valence-corrected chi connectivity index (χ0v) is 18.0. The Balaban J connectivity index is 1.42. The molecule has 0 amide bonds. The molecule has 1 aliphatic rings. The molecule has 4 aromatic rings. The average Bonchev–Trinajstić information content (AvgIpc) is 3.53. The smallest absolute Gasteiger partial charge is 0.166 e. The van der Waals surface area contributed by atoms with Crippen molar-refractivity contribution >= 4 is 32.8 Å². The summed E-state index contributed by atoms with van der Waals surface area (Å²) in [5.41, 5.74) is 2.42. The summed E-state index contributed by atoms with van der Waals surface area (Å²) in [6.45, 7) is 1.29. The van der Waals surface area contributed by atoms with Gasteiger partial charge in [-0.2, -0.15) is 10.4 Å². The lowest BCUT2D eigenvalue weighted by Gasteiger charge is -2.23. The highest BCUT2D eigenvalue weighted by molar-refractivity contribution is 9.10. The molecule has 0 unspecified atom stereocenters. The number of aromatic amines is 1. The number of hydrogen-bond acceptors (Lipinski definition) is 6. The molecule has 1 saturated heterocycles. The van der Waals surface area contributed by atoms with E-state index in [1.165, 1.54) is 12.4 Å². The summed E-state index contributed by atoms with van der Waals surface area (Å²) in [7, 11) is 0. The van der Waals surface area contributed by atoms with E-state index in [4.69, 9.17) is 0 Å². The van der Waals surface area contributed by atoms with E-state index in [-0.39, 0.29) is 17.8 Å². The number of hydrogen-bond donors (Lipinski definition) is 1. The predicted molar refractivity (Wildman–Crippen MR) is 117 cm³/mol. The Kier molecular flexibility index (Phi) is 5.11. The van der Waals surface area contributed by atoms with Gasteiger partial charge in [-0.3, -0.25) is 4.68 Å². The second kappa shape index (κ2) is 8.07. The number of nitriles is 1. The summed E-state index contributed by atoms with van der Waals surface area (Å²) in [5, 5.41) is 14.9. The van der Waals surface area contributed by atoms with Crippen molar-refractivity contribution in [3.63, 3.8) is 0 Å². The van der Waals surface area contributed by atoms with Crippen LogP contribution in [0, 0.1) is 23.1 Å². The molecule has 31 heavy (non-hydrogen) atoms. The first-order valence-corrected chi connectivity index (χ1v) is 10.7. The van der Waals surface area contributed by atoms with Crippen molar-refractivity contribution in [2.45, 2.75) is 18.9 Å². The molecule has 1 aliphatic heterocycles. The molecule has 10 heteroatoms. The first-order chi connectivity index (χ1) is 15.1. The molecule has 5 heterocycles. The van der Waals surface area contributed by atoms with Gasteiger partial charge in [-0.1, -0.05) is 0 Å². The predicted octanol–water partition coefficient (Wildman–Crippen LogP) is 4.10. The van der Waals surface area contributed by atoms with Crippen LogP contribution in [0.2, 0.25) is 0 Å². The van der Waals surface area contributed by atoms with Gasteiger partial charge < -0.3 is 9.88 Å². The number of anilines is 1. The summed E-state index contributed by atoms with van der Waals surface area (Å²) >= 11 is 3.31. The van der Waals surface area contributed by atoms with Gasteiger partial charge in [0.05, 0.1) is 30.4 Å². The highest BCUT2D eigenvalue weighted by Gasteiger charge is 2.33. The van der Waals surface area contributed by atoms with Crippen LogP contribution in [0.3, 0.4) is 0 Å². The maximum atomic E-state index is 14.3. The minimum atomic E-state index is -0.346. The number of nitrogens with zero attached hydrogens (tertiary/aromatic N) is 7. The zero-order chi connectivity index (χ0) is 21.4. The minimum Gasteiger partial charge on any atom is -0.354 e. The molecule has 0 aliphatic carbocycles. The van der Waals surface area contributed by atoms with Gasteiger partial charge in [0.25, 0.3) is 0 Å². The Morgan fingerprint density at radius 2 is 2.23 bits per heavy atom. The third-order valence-corrected chi connectivity index (χ3v) is 6.17. The van der Waals surface area contributed by atoms with Gasteiger partial charge >= 0.3 is 0 Å². The molecule has 4 aromatic heterocycles. The maximum absolute atomic E-state index is 14.3. The molecule has 2 atom stereocenters. The lowest BCUT2D eigenvalue weighted by Crippen LogP contribution is -2.26. The monoisotopic (exact) mass is 480 g/mol. The third-order valence-electron chi connectivity index (χ3n) is 5.73. The van der Waals surface area contributed by atoms with Crippen LogP contribution in [0.15, 0.2) is 47.7 Å². The Bertz CT molecular complexity index is 1280.